The summed E-state index contributed by atoms with van der Waals surface area (Å²) >= 11 is 3.76. The molecule has 0 bridgehead atoms. The number of benzene rings is 8. The minimum absolute atomic E-state index is 1.14. The van der Waals surface area contributed by atoms with E-state index in [4.69, 9.17) is 0 Å². The predicted molar refractivity (Wildman–Crippen MR) is 215 cm³/mol. The Kier molecular flexibility index (Phi) is 6.61. The van der Waals surface area contributed by atoms with Crippen molar-refractivity contribution in [2.75, 3.05) is 4.90 Å². The molecule has 49 heavy (non-hydrogen) atoms. The summed E-state index contributed by atoms with van der Waals surface area (Å²) in [5.41, 5.74) is 8.46. The zero-order valence-electron chi connectivity index (χ0n) is 26.5. The molecule has 0 atom stereocenters. The number of rotatable bonds is 5. The molecule has 2 heterocycles. The van der Waals surface area contributed by atoms with Crippen LogP contribution in [-0.2, 0) is 0 Å². The Morgan fingerprint density at radius 2 is 0.898 bits per heavy atom. The van der Waals surface area contributed by atoms with E-state index in [1.807, 2.05) is 22.7 Å². The first-order valence-electron chi connectivity index (χ1n) is 16.6. The topological polar surface area (TPSA) is 3.24 Å². The van der Waals surface area contributed by atoms with Crippen molar-refractivity contribution in [1.29, 1.82) is 0 Å². The van der Waals surface area contributed by atoms with E-state index >= 15 is 0 Å². The van der Waals surface area contributed by atoms with Crippen LogP contribution in [0.25, 0.3) is 73.4 Å². The van der Waals surface area contributed by atoms with Crippen molar-refractivity contribution in [2.45, 2.75) is 0 Å². The number of nitrogens with zero attached hydrogens (tertiary/aromatic N) is 1. The highest BCUT2D eigenvalue weighted by molar-refractivity contribution is 7.27. The van der Waals surface area contributed by atoms with E-state index in [0.29, 0.717) is 0 Å². The van der Waals surface area contributed by atoms with E-state index in [-0.39, 0.29) is 0 Å². The molecule has 10 rings (SSSR count). The Balaban J connectivity index is 1.17. The van der Waals surface area contributed by atoms with Crippen molar-refractivity contribution < 1.29 is 0 Å². The summed E-state index contributed by atoms with van der Waals surface area (Å²) in [4.78, 5) is 2.48. The Labute approximate surface area is 292 Å². The van der Waals surface area contributed by atoms with E-state index in [0.717, 1.165) is 5.69 Å². The Morgan fingerprint density at radius 3 is 1.55 bits per heavy atom. The van der Waals surface area contributed by atoms with Gasteiger partial charge in [-0.1, -0.05) is 133 Å². The third-order valence-electron chi connectivity index (χ3n) is 9.67. The van der Waals surface area contributed by atoms with Crippen molar-refractivity contribution in [3.63, 3.8) is 0 Å². The number of fused-ring (bicyclic) bond motifs is 7. The van der Waals surface area contributed by atoms with Gasteiger partial charge in [-0.2, -0.15) is 0 Å². The van der Waals surface area contributed by atoms with Crippen LogP contribution in [0.1, 0.15) is 0 Å². The highest BCUT2D eigenvalue weighted by Gasteiger charge is 2.21. The first-order valence-corrected chi connectivity index (χ1v) is 18.2. The van der Waals surface area contributed by atoms with Crippen LogP contribution in [0.2, 0.25) is 0 Å². The van der Waals surface area contributed by atoms with Gasteiger partial charge in [0, 0.05) is 36.6 Å². The standard InChI is InChI=1S/C46H29NS2/c1-2-11-30(12-3-1)33-24-23-31-13-8-16-35(40(31)29-33)32-25-27-34(28-26-32)47(41-19-9-17-38-36-14-4-6-21-43(36)48-45(38)41)42-20-10-18-39-37-15-5-7-22-44(37)49-46(39)42/h1-29H. The second-order valence-corrected chi connectivity index (χ2v) is 14.6. The maximum Gasteiger partial charge on any atom is 0.0640 e. The monoisotopic (exact) mass is 659 g/mol. The van der Waals surface area contributed by atoms with Gasteiger partial charge in [-0.05, 0) is 75.5 Å². The van der Waals surface area contributed by atoms with Crippen LogP contribution in [0.3, 0.4) is 0 Å². The summed E-state index contributed by atoms with van der Waals surface area (Å²) in [6.45, 7) is 0. The summed E-state index contributed by atoms with van der Waals surface area (Å²) in [5.74, 6) is 0. The molecule has 0 fully saturated rings. The van der Waals surface area contributed by atoms with E-state index in [1.165, 1.54) is 84.7 Å². The lowest BCUT2D eigenvalue weighted by Gasteiger charge is -2.27. The van der Waals surface area contributed by atoms with Crippen LogP contribution in [0.15, 0.2) is 176 Å². The van der Waals surface area contributed by atoms with Crippen molar-refractivity contribution in [2.24, 2.45) is 0 Å². The summed E-state index contributed by atoms with van der Waals surface area (Å²) in [5, 5.41) is 7.73. The lowest BCUT2D eigenvalue weighted by atomic mass is 9.94. The summed E-state index contributed by atoms with van der Waals surface area (Å²) < 4.78 is 5.22. The second-order valence-electron chi connectivity index (χ2n) is 12.5. The fourth-order valence-corrected chi connectivity index (χ4v) is 9.76. The van der Waals surface area contributed by atoms with Crippen LogP contribution >= 0.6 is 22.7 Å². The number of thiophene rings is 2. The maximum atomic E-state index is 2.48. The van der Waals surface area contributed by atoms with Gasteiger partial charge in [0.25, 0.3) is 0 Å². The highest BCUT2D eigenvalue weighted by atomic mass is 32.1. The summed E-state index contributed by atoms with van der Waals surface area (Å²) in [7, 11) is 0. The van der Waals surface area contributed by atoms with Gasteiger partial charge in [0.15, 0.2) is 0 Å². The molecule has 3 heteroatoms. The fourth-order valence-electron chi connectivity index (χ4n) is 7.35. The molecule has 0 unspecified atom stereocenters. The van der Waals surface area contributed by atoms with Crippen LogP contribution in [-0.4, -0.2) is 0 Å². The minimum atomic E-state index is 1.14. The largest absolute Gasteiger partial charge is 0.308 e. The Hall–Kier alpha value is -5.74. The molecular formula is C46H29NS2. The Morgan fingerprint density at radius 1 is 0.347 bits per heavy atom. The number of hydrogen-bond donors (Lipinski definition) is 0. The molecule has 0 amide bonds. The van der Waals surface area contributed by atoms with E-state index in [1.54, 1.807) is 0 Å². The van der Waals surface area contributed by atoms with Crippen LogP contribution in [0.4, 0.5) is 17.1 Å². The van der Waals surface area contributed by atoms with Crippen molar-refractivity contribution in [3.8, 4) is 22.3 Å². The normalized spacial score (nSPS) is 11.7. The zero-order chi connectivity index (χ0) is 32.3. The van der Waals surface area contributed by atoms with Crippen molar-refractivity contribution in [3.05, 3.63) is 176 Å². The van der Waals surface area contributed by atoms with Gasteiger partial charge in [-0.3, -0.25) is 0 Å². The second kappa shape index (κ2) is 11.5. The predicted octanol–water partition coefficient (Wildman–Crippen LogP) is 14.4. The van der Waals surface area contributed by atoms with Crippen molar-refractivity contribution in [1.82, 2.24) is 0 Å². The average Bonchev–Trinajstić information content (AvgIpc) is 3.75. The van der Waals surface area contributed by atoms with E-state index < -0.39 is 0 Å². The summed E-state index contributed by atoms with van der Waals surface area (Å²) in [6, 6.07) is 64.3. The highest BCUT2D eigenvalue weighted by Crippen LogP contribution is 2.49. The third kappa shape index (κ3) is 4.66. The molecule has 230 valence electrons. The molecule has 0 saturated carbocycles. The molecular weight excluding hydrogens is 631 g/mol. The van der Waals surface area contributed by atoms with Crippen molar-refractivity contribution >= 4 is 90.9 Å². The van der Waals surface area contributed by atoms with Crippen LogP contribution in [0, 0.1) is 0 Å². The lowest BCUT2D eigenvalue weighted by molar-refractivity contribution is 1.32. The quantitative estimate of drug-likeness (QED) is 0.178. The fraction of sp³-hybridized carbons (Fsp3) is 0. The smallest absolute Gasteiger partial charge is 0.0640 e. The zero-order valence-corrected chi connectivity index (χ0v) is 28.1. The molecule has 2 aromatic heterocycles. The molecule has 1 nitrogen and oxygen atoms in total. The van der Waals surface area contributed by atoms with Crippen LogP contribution in [0.5, 0.6) is 0 Å². The molecule has 0 aliphatic heterocycles. The number of hydrogen-bond acceptors (Lipinski definition) is 3. The number of anilines is 3. The van der Waals surface area contributed by atoms with Gasteiger partial charge in [0.1, 0.15) is 0 Å². The van der Waals surface area contributed by atoms with E-state index in [2.05, 4.69) is 181 Å². The average molecular weight is 660 g/mol. The lowest BCUT2D eigenvalue weighted by Crippen LogP contribution is -2.10. The maximum absolute atomic E-state index is 2.48. The molecule has 0 aliphatic carbocycles. The van der Waals surface area contributed by atoms with Gasteiger partial charge in [0.05, 0.1) is 20.8 Å². The Bertz CT molecular complexity index is 2710. The van der Waals surface area contributed by atoms with Gasteiger partial charge in [-0.25, -0.2) is 0 Å². The minimum Gasteiger partial charge on any atom is -0.308 e. The molecule has 10 aromatic rings. The molecule has 8 aromatic carbocycles. The first-order chi connectivity index (χ1) is 24.3. The molecule has 0 radical (unpaired) electrons. The third-order valence-corrected chi connectivity index (χ3v) is 12.1. The van der Waals surface area contributed by atoms with Gasteiger partial charge < -0.3 is 4.90 Å². The molecule has 0 N–H and O–H groups in total. The summed E-state index contributed by atoms with van der Waals surface area (Å²) in [6.07, 6.45) is 0. The van der Waals surface area contributed by atoms with Crippen LogP contribution < -0.4 is 4.90 Å². The van der Waals surface area contributed by atoms with Gasteiger partial charge >= 0.3 is 0 Å². The molecule has 0 saturated heterocycles. The molecule has 0 aliphatic rings. The van der Waals surface area contributed by atoms with Gasteiger partial charge in [0.2, 0.25) is 0 Å². The van der Waals surface area contributed by atoms with E-state index in [9.17, 15) is 0 Å². The first kappa shape index (κ1) is 28.3. The van der Waals surface area contributed by atoms with Gasteiger partial charge in [-0.15, -0.1) is 22.7 Å². The SMILES string of the molecule is c1ccc(-c2ccc3cccc(-c4ccc(N(c5cccc6c5sc5ccccc56)c5cccc6c5sc5ccccc56)cc4)c3c2)cc1. The molecule has 0 spiro atoms.